The number of carbonyl (C=O) groups excluding carboxylic acids is 1. The van der Waals surface area contributed by atoms with Crippen LogP contribution in [0.25, 0.3) is 10.9 Å². The number of aromatic hydroxyl groups is 1. The number of primary amides is 1. The summed E-state index contributed by atoms with van der Waals surface area (Å²) in [5, 5.41) is 18.8. The Bertz CT molecular complexity index is 1430. The number of aromatic nitrogens is 1. The number of phenols is 1. The number of carbonyl (C=O) groups is 1. The number of amides is 1. The van der Waals surface area contributed by atoms with Crippen LogP contribution >= 0.6 is 23.2 Å². The molecule has 1 saturated heterocycles. The number of hydrogen-bond acceptors (Lipinski definition) is 5. The fourth-order valence-corrected chi connectivity index (χ4v) is 4.68. The summed E-state index contributed by atoms with van der Waals surface area (Å²) < 4.78 is 14.1. The van der Waals surface area contributed by atoms with Gasteiger partial charge in [0.1, 0.15) is 5.75 Å². The maximum atomic E-state index is 10.6. The summed E-state index contributed by atoms with van der Waals surface area (Å²) in [4.78, 5) is 10.6. The molecule has 0 aliphatic carbocycles. The van der Waals surface area contributed by atoms with E-state index >= 15 is 0 Å². The Hall–Kier alpha value is -3.36. The molecular formula is C27H25Cl2N3O4. The Labute approximate surface area is 218 Å². The van der Waals surface area contributed by atoms with E-state index in [4.69, 9.17) is 48.9 Å². The molecule has 9 heteroatoms. The topological polar surface area (TPSA) is 111 Å². The molecule has 5 rings (SSSR count). The second-order valence-electron chi connectivity index (χ2n) is 8.31. The van der Waals surface area contributed by atoms with Crippen molar-refractivity contribution in [2.24, 2.45) is 5.73 Å². The molecule has 0 saturated carbocycles. The Balaban J connectivity index is 0.000000233. The first-order chi connectivity index (χ1) is 17.2. The lowest BCUT2D eigenvalue weighted by Crippen LogP contribution is -2.33. The van der Waals surface area contributed by atoms with Crippen LogP contribution in [0.2, 0.25) is 10.0 Å². The van der Waals surface area contributed by atoms with Gasteiger partial charge < -0.3 is 30.3 Å². The van der Waals surface area contributed by atoms with Crippen LogP contribution in [-0.4, -0.2) is 35.0 Å². The number of aryl methyl sites for hydroxylation is 1. The van der Waals surface area contributed by atoms with Crippen molar-refractivity contribution in [3.8, 4) is 5.75 Å². The van der Waals surface area contributed by atoms with Gasteiger partial charge in [0.25, 0.3) is 0 Å². The first-order valence-corrected chi connectivity index (χ1v) is 11.9. The van der Waals surface area contributed by atoms with Crippen molar-refractivity contribution in [2.75, 3.05) is 13.2 Å². The largest absolute Gasteiger partial charge is 0.508 e. The smallest absolute Gasteiger partial charge is 0.248 e. The summed E-state index contributed by atoms with van der Waals surface area (Å²) in [6.07, 6.45) is 3.34. The molecule has 1 aliphatic heterocycles. The van der Waals surface area contributed by atoms with Gasteiger partial charge in [0.05, 0.1) is 24.8 Å². The summed E-state index contributed by atoms with van der Waals surface area (Å²) >= 11 is 12.5. The average Bonchev–Trinajstić information content (AvgIpc) is 3.49. The van der Waals surface area contributed by atoms with Gasteiger partial charge in [0.2, 0.25) is 11.7 Å². The van der Waals surface area contributed by atoms with Crippen LogP contribution in [-0.2, 0) is 21.8 Å². The number of halogens is 2. The van der Waals surface area contributed by atoms with E-state index < -0.39 is 11.7 Å². The number of phenolic OH excluding ortho intramolecular Hbond substituents is 1. The normalized spacial score (nSPS) is 14.3. The third-order valence-corrected chi connectivity index (χ3v) is 6.51. The number of rotatable bonds is 5. The van der Waals surface area contributed by atoms with E-state index in [1.807, 2.05) is 36.5 Å². The zero-order chi connectivity index (χ0) is 25.9. The standard InChI is InChI=1S/C19H16Cl2N2O2.C8H9NO2/c20-14-4-5-16(17(21)10-14)19(24-8-9-25-19)12-23-7-6-15-13(11-22)2-1-3-18(15)23;1-5-4-6(8(9)11)2-3-7(5)10/h1-7,10-11,22H,8-9,12H2;2-4,10H,1H3,(H2,9,11). The highest BCUT2D eigenvalue weighted by atomic mass is 35.5. The molecule has 1 aromatic heterocycles. The molecule has 0 atom stereocenters. The molecule has 0 unspecified atom stereocenters. The van der Waals surface area contributed by atoms with E-state index in [2.05, 4.69) is 4.57 Å². The van der Waals surface area contributed by atoms with Gasteiger partial charge in [-0.05, 0) is 55.0 Å². The molecule has 4 aromatic rings. The van der Waals surface area contributed by atoms with Gasteiger partial charge in [-0.15, -0.1) is 0 Å². The quantitative estimate of drug-likeness (QED) is 0.292. The molecule has 3 aromatic carbocycles. The van der Waals surface area contributed by atoms with Gasteiger partial charge >= 0.3 is 0 Å². The second kappa shape index (κ2) is 10.7. The number of nitrogens with zero attached hydrogens (tertiary/aromatic N) is 1. The Morgan fingerprint density at radius 2 is 1.89 bits per heavy atom. The molecule has 2 heterocycles. The summed E-state index contributed by atoms with van der Waals surface area (Å²) in [6, 6.07) is 17.7. The van der Waals surface area contributed by atoms with Gasteiger partial charge in [0.15, 0.2) is 0 Å². The third kappa shape index (κ3) is 5.24. The lowest BCUT2D eigenvalue weighted by Gasteiger charge is -2.29. The maximum Gasteiger partial charge on any atom is 0.248 e. The Morgan fingerprint density at radius 3 is 2.53 bits per heavy atom. The van der Waals surface area contributed by atoms with Crippen LogP contribution in [0.5, 0.6) is 5.75 Å². The van der Waals surface area contributed by atoms with Crippen molar-refractivity contribution < 1.29 is 19.4 Å². The van der Waals surface area contributed by atoms with E-state index in [9.17, 15) is 4.79 Å². The summed E-state index contributed by atoms with van der Waals surface area (Å²) in [5.74, 6) is -1.25. The van der Waals surface area contributed by atoms with Gasteiger partial charge in [-0.1, -0.05) is 41.4 Å². The molecule has 7 nitrogen and oxygen atoms in total. The van der Waals surface area contributed by atoms with Crippen molar-refractivity contribution in [2.45, 2.75) is 19.3 Å². The molecule has 0 bridgehead atoms. The fraction of sp³-hybridized carbons (Fsp3) is 0.185. The van der Waals surface area contributed by atoms with E-state index in [1.165, 1.54) is 18.3 Å². The molecule has 1 amide bonds. The van der Waals surface area contributed by atoms with Crippen LogP contribution in [0.1, 0.15) is 27.0 Å². The van der Waals surface area contributed by atoms with Crippen molar-refractivity contribution in [3.05, 3.63) is 99.2 Å². The van der Waals surface area contributed by atoms with Crippen molar-refractivity contribution in [1.82, 2.24) is 4.57 Å². The highest BCUT2D eigenvalue weighted by Gasteiger charge is 2.41. The zero-order valence-corrected chi connectivity index (χ0v) is 21.0. The average molecular weight is 526 g/mol. The molecule has 4 N–H and O–H groups in total. The predicted molar refractivity (Wildman–Crippen MR) is 141 cm³/mol. The van der Waals surface area contributed by atoms with E-state index in [-0.39, 0.29) is 5.75 Å². The number of benzene rings is 3. The molecule has 0 spiro atoms. The van der Waals surface area contributed by atoms with Gasteiger partial charge in [0, 0.05) is 45.0 Å². The van der Waals surface area contributed by atoms with E-state index in [0.717, 1.165) is 22.0 Å². The number of nitrogens with two attached hydrogens (primary N) is 1. The SMILES string of the molecule is Cc1cc(C(N)=O)ccc1O.N=Cc1cccc2c1ccn2CC1(c2ccc(Cl)cc2Cl)OCCO1. The maximum absolute atomic E-state index is 10.6. The van der Waals surface area contributed by atoms with Crippen molar-refractivity contribution in [3.63, 3.8) is 0 Å². The zero-order valence-electron chi connectivity index (χ0n) is 19.5. The Kier molecular flexibility index (Phi) is 7.66. The van der Waals surface area contributed by atoms with Crippen LogP contribution in [0.15, 0.2) is 66.9 Å². The number of hydrogen-bond donors (Lipinski definition) is 3. The highest BCUT2D eigenvalue weighted by molar-refractivity contribution is 6.35. The molecular weight excluding hydrogens is 501 g/mol. The summed E-state index contributed by atoms with van der Waals surface area (Å²) in [5.41, 5.74) is 8.74. The Morgan fingerprint density at radius 1 is 1.14 bits per heavy atom. The van der Waals surface area contributed by atoms with Crippen LogP contribution in [0, 0.1) is 12.3 Å². The van der Waals surface area contributed by atoms with Crippen molar-refractivity contribution >= 4 is 46.2 Å². The van der Waals surface area contributed by atoms with E-state index in [1.54, 1.807) is 25.1 Å². The minimum atomic E-state index is -0.950. The second-order valence-corrected chi connectivity index (χ2v) is 9.15. The number of nitrogens with one attached hydrogen (secondary N) is 1. The summed E-state index contributed by atoms with van der Waals surface area (Å²) in [6.45, 7) is 3.18. The first kappa shape index (κ1) is 25.7. The lowest BCUT2D eigenvalue weighted by molar-refractivity contribution is -0.175. The lowest BCUT2D eigenvalue weighted by atomic mass is 10.1. The van der Waals surface area contributed by atoms with Crippen LogP contribution in [0.3, 0.4) is 0 Å². The highest BCUT2D eigenvalue weighted by Crippen LogP contribution is 2.39. The van der Waals surface area contributed by atoms with Crippen molar-refractivity contribution in [1.29, 1.82) is 5.41 Å². The summed E-state index contributed by atoms with van der Waals surface area (Å²) in [7, 11) is 0. The predicted octanol–water partition coefficient (Wildman–Crippen LogP) is 5.65. The van der Waals surface area contributed by atoms with Crippen LogP contribution in [0.4, 0.5) is 0 Å². The molecule has 1 aliphatic rings. The number of fused-ring (bicyclic) bond motifs is 1. The molecule has 36 heavy (non-hydrogen) atoms. The third-order valence-electron chi connectivity index (χ3n) is 5.96. The first-order valence-electron chi connectivity index (χ1n) is 11.2. The molecule has 186 valence electrons. The van der Waals surface area contributed by atoms with E-state index in [0.29, 0.717) is 40.9 Å². The van der Waals surface area contributed by atoms with Crippen LogP contribution < -0.4 is 5.73 Å². The number of ether oxygens (including phenoxy) is 2. The fourth-order valence-electron chi connectivity index (χ4n) is 4.13. The monoisotopic (exact) mass is 525 g/mol. The molecule has 1 fully saturated rings. The van der Waals surface area contributed by atoms with Gasteiger partial charge in [-0.2, -0.15) is 0 Å². The van der Waals surface area contributed by atoms with Gasteiger partial charge in [-0.25, -0.2) is 0 Å². The minimum Gasteiger partial charge on any atom is -0.508 e. The minimum absolute atomic E-state index is 0.176. The van der Waals surface area contributed by atoms with Gasteiger partial charge in [-0.3, -0.25) is 4.79 Å². The molecule has 0 radical (unpaired) electrons.